The zero-order valence-corrected chi connectivity index (χ0v) is 13.8. The van der Waals surface area contributed by atoms with Gasteiger partial charge in [-0.2, -0.15) is 0 Å². The molecule has 110 valence electrons. The van der Waals surface area contributed by atoms with E-state index < -0.39 is 0 Å². The highest BCUT2D eigenvalue weighted by atomic mass is 32.1. The number of likely N-dealkylation sites (N-methyl/N-ethyl adjacent to an activating group) is 1. The molecular formula is C16H30N2S. The van der Waals surface area contributed by atoms with E-state index >= 15 is 0 Å². The Kier molecular flexibility index (Phi) is 8.35. The summed E-state index contributed by atoms with van der Waals surface area (Å²) in [6, 6.07) is 5.06. The molecule has 0 aliphatic heterocycles. The molecule has 1 heterocycles. The van der Waals surface area contributed by atoms with Gasteiger partial charge in [0, 0.05) is 24.0 Å². The number of thiophene rings is 1. The average molecular weight is 282 g/mol. The molecule has 2 nitrogen and oxygen atoms in total. The SMILES string of the molecule is CCCC(CNCC(C)C)N(C)CCc1cccs1. The lowest BCUT2D eigenvalue weighted by Crippen LogP contribution is -2.41. The summed E-state index contributed by atoms with van der Waals surface area (Å²) in [6.07, 6.45) is 3.72. The van der Waals surface area contributed by atoms with Crippen LogP contribution in [0.1, 0.15) is 38.5 Å². The molecule has 0 saturated heterocycles. The number of hydrogen-bond donors (Lipinski definition) is 1. The second-order valence-corrected chi connectivity index (χ2v) is 6.84. The van der Waals surface area contributed by atoms with Gasteiger partial charge in [-0.05, 0) is 43.8 Å². The summed E-state index contributed by atoms with van der Waals surface area (Å²) >= 11 is 1.87. The molecule has 0 amide bonds. The molecule has 19 heavy (non-hydrogen) atoms. The summed E-state index contributed by atoms with van der Waals surface area (Å²) in [5.41, 5.74) is 0. The van der Waals surface area contributed by atoms with E-state index in [1.807, 2.05) is 11.3 Å². The van der Waals surface area contributed by atoms with E-state index in [0.29, 0.717) is 6.04 Å². The van der Waals surface area contributed by atoms with Crippen molar-refractivity contribution < 1.29 is 0 Å². The third-order valence-electron chi connectivity index (χ3n) is 3.47. The monoisotopic (exact) mass is 282 g/mol. The molecule has 0 radical (unpaired) electrons. The normalized spacial score (nSPS) is 13.4. The van der Waals surface area contributed by atoms with E-state index in [9.17, 15) is 0 Å². The van der Waals surface area contributed by atoms with Crippen molar-refractivity contribution >= 4 is 11.3 Å². The van der Waals surface area contributed by atoms with Gasteiger partial charge in [-0.1, -0.05) is 33.3 Å². The van der Waals surface area contributed by atoms with Crippen molar-refractivity contribution in [3.05, 3.63) is 22.4 Å². The van der Waals surface area contributed by atoms with Crippen LogP contribution in [0.4, 0.5) is 0 Å². The van der Waals surface area contributed by atoms with Gasteiger partial charge in [0.25, 0.3) is 0 Å². The van der Waals surface area contributed by atoms with Crippen molar-refractivity contribution in [2.24, 2.45) is 5.92 Å². The van der Waals surface area contributed by atoms with Crippen molar-refractivity contribution in [3.8, 4) is 0 Å². The van der Waals surface area contributed by atoms with Gasteiger partial charge in [0.05, 0.1) is 0 Å². The first-order valence-electron chi connectivity index (χ1n) is 7.56. The number of nitrogens with zero attached hydrogens (tertiary/aromatic N) is 1. The van der Waals surface area contributed by atoms with Gasteiger partial charge in [0.15, 0.2) is 0 Å². The van der Waals surface area contributed by atoms with Gasteiger partial charge in [-0.25, -0.2) is 0 Å². The molecule has 0 spiro atoms. The Morgan fingerprint density at radius 2 is 2.11 bits per heavy atom. The summed E-state index contributed by atoms with van der Waals surface area (Å²) < 4.78 is 0. The third kappa shape index (κ3) is 7.09. The minimum Gasteiger partial charge on any atom is -0.315 e. The van der Waals surface area contributed by atoms with Gasteiger partial charge in [0.2, 0.25) is 0 Å². The van der Waals surface area contributed by atoms with Crippen molar-refractivity contribution in [2.45, 2.75) is 46.1 Å². The van der Waals surface area contributed by atoms with Gasteiger partial charge in [-0.3, -0.25) is 0 Å². The third-order valence-corrected chi connectivity index (χ3v) is 4.40. The highest BCUT2D eigenvalue weighted by molar-refractivity contribution is 7.09. The average Bonchev–Trinajstić information content (AvgIpc) is 2.87. The molecular weight excluding hydrogens is 252 g/mol. The fourth-order valence-electron chi connectivity index (χ4n) is 2.27. The molecule has 3 heteroatoms. The molecule has 0 aromatic carbocycles. The summed E-state index contributed by atoms with van der Waals surface area (Å²) in [7, 11) is 2.27. The summed E-state index contributed by atoms with van der Waals surface area (Å²) in [5.74, 6) is 0.735. The number of rotatable bonds is 10. The topological polar surface area (TPSA) is 15.3 Å². The maximum absolute atomic E-state index is 3.60. The second-order valence-electron chi connectivity index (χ2n) is 5.80. The quantitative estimate of drug-likeness (QED) is 0.705. The Bertz CT molecular complexity index is 309. The molecule has 1 unspecified atom stereocenters. The summed E-state index contributed by atoms with van der Waals surface area (Å²) in [5, 5.41) is 5.77. The highest BCUT2D eigenvalue weighted by Crippen LogP contribution is 2.11. The van der Waals surface area contributed by atoms with Crippen molar-refractivity contribution in [1.82, 2.24) is 10.2 Å². The molecule has 1 atom stereocenters. The van der Waals surface area contributed by atoms with Crippen LogP contribution in [0.3, 0.4) is 0 Å². The van der Waals surface area contributed by atoms with E-state index in [-0.39, 0.29) is 0 Å². The minimum absolute atomic E-state index is 0.670. The number of hydrogen-bond acceptors (Lipinski definition) is 3. The molecule has 0 saturated carbocycles. The first kappa shape index (κ1) is 16.7. The van der Waals surface area contributed by atoms with Gasteiger partial charge in [0.1, 0.15) is 0 Å². The lowest BCUT2D eigenvalue weighted by Gasteiger charge is -2.28. The Morgan fingerprint density at radius 3 is 2.68 bits per heavy atom. The maximum Gasteiger partial charge on any atom is 0.0217 e. The molecule has 1 N–H and O–H groups in total. The first-order chi connectivity index (χ1) is 9.13. The van der Waals surface area contributed by atoms with E-state index in [1.54, 1.807) is 0 Å². The molecule has 1 aromatic heterocycles. The van der Waals surface area contributed by atoms with Gasteiger partial charge < -0.3 is 10.2 Å². The lowest BCUT2D eigenvalue weighted by atomic mass is 10.1. The van der Waals surface area contributed by atoms with Crippen molar-refractivity contribution in [1.29, 1.82) is 0 Å². The fourth-order valence-corrected chi connectivity index (χ4v) is 2.97. The van der Waals surface area contributed by atoms with Crippen LogP contribution in [0.5, 0.6) is 0 Å². The zero-order valence-electron chi connectivity index (χ0n) is 13.0. The van der Waals surface area contributed by atoms with Crippen molar-refractivity contribution in [3.63, 3.8) is 0 Å². The van der Waals surface area contributed by atoms with Crippen LogP contribution in [-0.2, 0) is 6.42 Å². The molecule has 1 rings (SSSR count). The predicted octanol–water partition coefficient (Wildman–Crippen LogP) is 3.64. The van der Waals surface area contributed by atoms with Crippen LogP contribution < -0.4 is 5.32 Å². The Labute approximate surface area is 123 Å². The van der Waals surface area contributed by atoms with Crippen LogP contribution >= 0.6 is 11.3 Å². The predicted molar refractivity (Wildman–Crippen MR) is 87.1 cm³/mol. The van der Waals surface area contributed by atoms with Crippen LogP contribution in [0.15, 0.2) is 17.5 Å². The van der Waals surface area contributed by atoms with Crippen LogP contribution in [0.25, 0.3) is 0 Å². The second kappa shape index (κ2) is 9.51. The zero-order chi connectivity index (χ0) is 14.1. The fraction of sp³-hybridized carbons (Fsp3) is 0.750. The van der Waals surface area contributed by atoms with E-state index in [2.05, 4.69) is 55.5 Å². The van der Waals surface area contributed by atoms with Crippen LogP contribution in [0, 0.1) is 5.92 Å². The number of nitrogens with one attached hydrogen (secondary N) is 1. The first-order valence-corrected chi connectivity index (χ1v) is 8.44. The standard InChI is InChI=1S/C16H30N2S/c1-5-7-15(13-17-12-14(2)3)18(4)10-9-16-8-6-11-19-16/h6,8,11,14-15,17H,5,7,9-10,12-13H2,1-4H3. The van der Waals surface area contributed by atoms with E-state index in [0.717, 1.165) is 25.6 Å². The maximum atomic E-state index is 3.60. The molecule has 1 aromatic rings. The minimum atomic E-state index is 0.670. The summed E-state index contributed by atoms with van der Waals surface area (Å²) in [6.45, 7) is 10.2. The lowest BCUT2D eigenvalue weighted by molar-refractivity contribution is 0.224. The van der Waals surface area contributed by atoms with E-state index in [1.165, 1.54) is 24.1 Å². The Balaban J connectivity index is 2.31. The highest BCUT2D eigenvalue weighted by Gasteiger charge is 2.13. The van der Waals surface area contributed by atoms with Crippen LogP contribution in [-0.4, -0.2) is 37.6 Å². The molecule has 0 aliphatic carbocycles. The van der Waals surface area contributed by atoms with E-state index in [4.69, 9.17) is 0 Å². The Hall–Kier alpha value is -0.380. The Morgan fingerprint density at radius 1 is 1.32 bits per heavy atom. The summed E-state index contributed by atoms with van der Waals surface area (Å²) in [4.78, 5) is 4.02. The molecule has 0 aliphatic rings. The smallest absolute Gasteiger partial charge is 0.0217 e. The van der Waals surface area contributed by atoms with Gasteiger partial charge >= 0.3 is 0 Å². The van der Waals surface area contributed by atoms with Gasteiger partial charge in [-0.15, -0.1) is 11.3 Å². The molecule has 0 fully saturated rings. The largest absolute Gasteiger partial charge is 0.315 e. The van der Waals surface area contributed by atoms with Crippen molar-refractivity contribution in [2.75, 3.05) is 26.7 Å². The molecule has 0 bridgehead atoms. The van der Waals surface area contributed by atoms with Crippen LogP contribution in [0.2, 0.25) is 0 Å².